The van der Waals surface area contributed by atoms with E-state index in [9.17, 15) is 14.7 Å². The second-order valence-corrected chi connectivity index (χ2v) is 6.87. The van der Waals surface area contributed by atoms with Gasteiger partial charge < -0.3 is 15.2 Å². The van der Waals surface area contributed by atoms with Crippen LogP contribution in [0.3, 0.4) is 0 Å². The van der Waals surface area contributed by atoms with Gasteiger partial charge in [0.05, 0.1) is 11.7 Å². The van der Waals surface area contributed by atoms with Gasteiger partial charge in [-0.05, 0) is 29.7 Å². The lowest BCUT2D eigenvalue weighted by Gasteiger charge is -2.29. The lowest BCUT2D eigenvalue weighted by Crippen LogP contribution is -2.49. The van der Waals surface area contributed by atoms with Crippen LogP contribution in [0.4, 0.5) is 0 Å². The summed E-state index contributed by atoms with van der Waals surface area (Å²) in [6.45, 7) is 0.211. The van der Waals surface area contributed by atoms with E-state index >= 15 is 0 Å². The number of aliphatic hydroxyl groups is 1. The smallest absolute Gasteiger partial charge is 0.338 e. The molecule has 0 saturated carbocycles. The van der Waals surface area contributed by atoms with Gasteiger partial charge in [0.25, 0.3) is 0 Å². The lowest BCUT2D eigenvalue weighted by atomic mass is 9.95. The number of β-lactam (4-membered cyclic amide) rings is 1. The predicted molar refractivity (Wildman–Crippen MR) is 95.8 cm³/mol. The zero-order valence-electron chi connectivity index (χ0n) is 13.4. The Balaban J connectivity index is 1.60. The average molecular weight is 404 g/mol. The highest BCUT2D eigenvalue weighted by Gasteiger charge is 2.28. The van der Waals surface area contributed by atoms with Crippen molar-refractivity contribution >= 4 is 27.8 Å². The third-order valence-corrected chi connectivity index (χ3v) is 4.80. The summed E-state index contributed by atoms with van der Waals surface area (Å²) in [5.74, 6) is -0.412. The number of rotatable bonds is 6. The topological polar surface area (TPSA) is 75.6 Å². The lowest BCUT2D eigenvalue weighted by molar-refractivity contribution is -0.128. The maximum Gasteiger partial charge on any atom is 0.338 e. The van der Waals surface area contributed by atoms with Crippen LogP contribution in [-0.4, -0.2) is 23.0 Å². The van der Waals surface area contributed by atoms with Gasteiger partial charge in [-0.15, -0.1) is 0 Å². The number of hydrogen-bond donors (Lipinski definition) is 2. The van der Waals surface area contributed by atoms with E-state index < -0.39 is 12.1 Å². The molecular formula is C19H18BrNO4. The van der Waals surface area contributed by atoms with E-state index in [2.05, 4.69) is 21.2 Å². The largest absolute Gasteiger partial charge is 0.457 e. The van der Waals surface area contributed by atoms with Gasteiger partial charge in [0, 0.05) is 16.9 Å². The molecule has 1 heterocycles. The van der Waals surface area contributed by atoms with Gasteiger partial charge in [-0.3, -0.25) is 4.79 Å². The van der Waals surface area contributed by atoms with E-state index in [1.54, 1.807) is 18.2 Å². The number of carbonyl (C=O) groups excluding carboxylic acids is 2. The fourth-order valence-electron chi connectivity index (χ4n) is 2.70. The molecule has 1 aliphatic heterocycles. The van der Waals surface area contributed by atoms with Crippen LogP contribution in [0.15, 0.2) is 53.0 Å². The Bertz CT molecular complexity index is 770. The van der Waals surface area contributed by atoms with Gasteiger partial charge in [-0.1, -0.05) is 52.3 Å². The third-order valence-electron chi connectivity index (χ3n) is 4.11. The molecule has 0 aliphatic carbocycles. The number of carbonyl (C=O) groups is 2. The number of nitrogens with one attached hydrogen (secondary N) is 1. The van der Waals surface area contributed by atoms with Crippen molar-refractivity contribution in [2.24, 2.45) is 0 Å². The first-order valence-electron chi connectivity index (χ1n) is 8.01. The van der Waals surface area contributed by atoms with E-state index in [0.717, 1.165) is 5.56 Å². The summed E-state index contributed by atoms with van der Waals surface area (Å²) in [7, 11) is 0. The first-order chi connectivity index (χ1) is 12.0. The molecule has 6 heteroatoms. The maximum absolute atomic E-state index is 12.2. The molecule has 0 radical (unpaired) electrons. The molecule has 1 saturated heterocycles. The van der Waals surface area contributed by atoms with Crippen molar-refractivity contribution in [2.75, 3.05) is 0 Å². The predicted octanol–water partition coefficient (Wildman–Crippen LogP) is 3.12. The van der Waals surface area contributed by atoms with Gasteiger partial charge in [0.15, 0.2) is 0 Å². The van der Waals surface area contributed by atoms with Crippen LogP contribution in [0.1, 0.15) is 40.4 Å². The Hall–Kier alpha value is -2.18. The molecule has 0 bridgehead atoms. The van der Waals surface area contributed by atoms with Crippen molar-refractivity contribution in [3.63, 3.8) is 0 Å². The van der Waals surface area contributed by atoms with Crippen LogP contribution >= 0.6 is 15.9 Å². The molecule has 3 rings (SSSR count). The van der Waals surface area contributed by atoms with E-state index in [4.69, 9.17) is 4.74 Å². The highest BCUT2D eigenvalue weighted by molar-refractivity contribution is 9.10. The first-order valence-corrected chi connectivity index (χ1v) is 8.80. The molecule has 5 nitrogen and oxygen atoms in total. The molecule has 130 valence electrons. The molecule has 2 aromatic carbocycles. The van der Waals surface area contributed by atoms with E-state index in [1.165, 1.54) is 0 Å². The summed E-state index contributed by atoms with van der Waals surface area (Å²) in [6, 6.07) is 14.5. The quantitative estimate of drug-likeness (QED) is 0.573. The first kappa shape index (κ1) is 17.6. The van der Waals surface area contributed by atoms with Crippen molar-refractivity contribution < 1.29 is 19.4 Å². The fourth-order valence-corrected chi connectivity index (χ4v) is 3.34. The van der Waals surface area contributed by atoms with Crippen LogP contribution in [0.2, 0.25) is 0 Å². The van der Waals surface area contributed by atoms with Crippen molar-refractivity contribution in [3.8, 4) is 0 Å². The van der Waals surface area contributed by atoms with E-state index in [-0.39, 0.29) is 18.6 Å². The Kier molecular flexibility index (Phi) is 5.50. The molecular weight excluding hydrogens is 386 g/mol. The van der Waals surface area contributed by atoms with Crippen LogP contribution < -0.4 is 5.32 Å². The summed E-state index contributed by atoms with van der Waals surface area (Å²) < 4.78 is 5.94. The Morgan fingerprint density at radius 1 is 1.28 bits per heavy atom. The second-order valence-electron chi connectivity index (χ2n) is 6.02. The zero-order valence-corrected chi connectivity index (χ0v) is 15.0. The molecule has 2 unspecified atom stereocenters. The summed E-state index contributed by atoms with van der Waals surface area (Å²) in [5.41, 5.74) is 2.01. The number of esters is 1. The monoisotopic (exact) mass is 403 g/mol. The summed E-state index contributed by atoms with van der Waals surface area (Å²) in [6.07, 6.45) is 0.176. The van der Waals surface area contributed by atoms with E-state index in [0.29, 0.717) is 28.4 Å². The molecule has 2 N–H and O–H groups in total. The molecule has 2 atom stereocenters. The molecule has 0 spiro atoms. The Labute approximate surface area is 154 Å². The second kappa shape index (κ2) is 7.80. The minimum atomic E-state index is -0.714. The van der Waals surface area contributed by atoms with Crippen molar-refractivity contribution in [1.82, 2.24) is 5.32 Å². The molecule has 1 aliphatic rings. The van der Waals surface area contributed by atoms with Gasteiger partial charge in [-0.2, -0.15) is 0 Å². The number of amides is 1. The number of benzene rings is 2. The number of hydrogen-bond acceptors (Lipinski definition) is 4. The number of aliphatic hydroxyl groups excluding tert-OH is 1. The van der Waals surface area contributed by atoms with E-state index in [1.807, 2.05) is 30.3 Å². The van der Waals surface area contributed by atoms with Crippen LogP contribution in [0, 0.1) is 0 Å². The Morgan fingerprint density at radius 2 is 2.00 bits per heavy atom. The minimum Gasteiger partial charge on any atom is -0.457 e. The van der Waals surface area contributed by atoms with Crippen LogP contribution in [0.25, 0.3) is 0 Å². The highest BCUT2D eigenvalue weighted by atomic mass is 79.9. The molecule has 2 aromatic rings. The van der Waals surface area contributed by atoms with Crippen molar-refractivity contribution in [3.05, 3.63) is 69.7 Å². The van der Waals surface area contributed by atoms with Gasteiger partial charge in [0.2, 0.25) is 5.91 Å². The fraction of sp³-hybridized carbons (Fsp3) is 0.263. The van der Waals surface area contributed by atoms with Crippen molar-refractivity contribution in [2.45, 2.75) is 31.6 Å². The molecule has 25 heavy (non-hydrogen) atoms. The van der Waals surface area contributed by atoms with Gasteiger partial charge in [-0.25, -0.2) is 4.79 Å². The molecule has 1 amide bonds. The van der Waals surface area contributed by atoms with Gasteiger partial charge >= 0.3 is 5.97 Å². The SMILES string of the molecule is O=C1CC(CC(O)c2ccc(C(=O)OCc3ccccc3)cc2Br)N1. The summed E-state index contributed by atoms with van der Waals surface area (Å²) >= 11 is 3.40. The van der Waals surface area contributed by atoms with Crippen LogP contribution in [-0.2, 0) is 16.1 Å². The zero-order chi connectivity index (χ0) is 17.8. The maximum atomic E-state index is 12.2. The average Bonchev–Trinajstić information content (AvgIpc) is 2.59. The minimum absolute atomic E-state index is 0.00455. The molecule has 1 fully saturated rings. The number of ether oxygens (including phenoxy) is 1. The Morgan fingerprint density at radius 3 is 2.64 bits per heavy atom. The van der Waals surface area contributed by atoms with Gasteiger partial charge in [0.1, 0.15) is 6.61 Å². The van der Waals surface area contributed by atoms with Crippen molar-refractivity contribution in [1.29, 1.82) is 0 Å². The van der Waals surface area contributed by atoms with Crippen LogP contribution in [0.5, 0.6) is 0 Å². The molecule has 0 aromatic heterocycles. The normalized spacial score (nSPS) is 17.4. The third kappa shape index (κ3) is 4.46. The summed E-state index contributed by atoms with van der Waals surface area (Å²) in [4.78, 5) is 23.1. The number of halogens is 1. The summed E-state index contributed by atoms with van der Waals surface area (Å²) in [5, 5.41) is 13.0. The highest BCUT2D eigenvalue weighted by Crippen LogP contribution is 2.29. The standard InChI is InChI=1S/C19H18BrNO4/c20-16-8-13(19(24)25-11-12-4-2-1-3-5-12)6-7-15(16)17(22)9-14-10-18(23)21-14/h1-8,14,17,22H,9-11H2,(H,21,23).